The van der Waals surface area contributed by atoms with Gasteiger partial charge in [-0.05, 0) is 86.8 Å². The lowest BCUT2D eigenvalue weighted by Crippen LogP contribution is -2.26. The molecule has 9 aromatic rings. The predicted octanol–water partition coefficient (Wildman–Crippen LogP) is 13.4. The van der Waals surface area contributed by atoms with Gasteiger partial charge in [-0.3, -0.25) is 4.57 Å². The molecule has 2 aliphatic carbocycles. The third kappa shape index (κ3) is 4.79. The zero-order valence-electron chi connectivity index (χ0n) is 31.5. The molecular formula is C54H37N3. The van der Waals surface area contributed by atoms with Gasteiger partial charge in [0.25, 0.3) is 0 Å². The van der Waals surface area contributed by atoms with E-state index in [2.05, 4.69) is 200 Å². The SMILES string of the molecule is C=CC1=C(/C=C\C)c2ccccc2C12c1ccccc1-c1cc3c(cc12)c1ccc(-c2ccccc2)cc1n3-c1nc(-c2ccccc2)cc(-c2ccccc2)n1. The lowest BCUT2D eigenvalue weighted by molar-refractivity contribution is 0.788. The Hall–Kier alpha value is -7.36. The van der Waals surface area contributed by atoms with Crippen molar-refractivity contribution in [1.29, 1.82) is 0 Å². The van der Waals surface area contributed by atoms with Crippen LogP contribution in [0.4, 0.5) is 0 Å². The smallest absolute Gasteiger partial charge is 0.235 e. The van der Waals surface area contributed by atoms with Crippen molar-refractivity contribution in [1.82, 2.24) is 14.5 Å². The van der Waals surface area contributed by atoms with Gasteiger partial charge in [-0.15, -0.1) is 0 Å². The Labute approximate surface area is 332 Å². The van der Waals surface area contributed by atoms with Crippen LogP contribution >= 0.6 is 0 Å². The predicted molar refractivity (Wildman–Crippen MR) is 236 cm³/mol. The van der Waals surface area contributed by atoms with Crippen molar-refractivity contribution in [3.63, 3.8) is 0 Å². The first-order valence-corrected chi connectivity index (χ1v) is 19.6. The van der Waals surface area contributed by atoms with Crippen LogP contribution in [-0.4, -0.2) is 14.5 Å². The van der Waals surface area contributed by atoms with Gasteiger partial charge in [0, 0.05) is 21.9 Å². The average Bonchev–Trinajstić information content (AvgIpc) is 3.86. The molecule has 0 bridgehead atoms. The fourth-order valence-corrected chi connectivity index (χ4v) is 9.59. The number of aromatic nitrogens is 3. The van der Waals surface area contributed by atoms with Gasteiger partial charge in [0.05, 0.1) is 27.8 Å². The molecule has 2 aromatic heterocycles. The minimum absolute atomic E-state index is 0.518. The molecule has 3 heteroatoms. The summed E-state index contributed by atoms with van der Waals surface area (Å²) in [5, 5.41) is 2.31. The van der Waals surface area contributed by atoms with Crippen LogP contribution in [0.3, 0.4) is 0 Å². The lowest BCUT2D eigenvalue weighted by Gasteiger charge is -2.31. The molecule has 7 aromatic carbocycles. The summed E-state index contributed by atoms with van der Waals surface area (Å²) >= 11 is 0. The van der Waals surface area contributed by atoms with Crippen molar-refractivity contribution in [2.75, 3.05) is 0 Å². The van der Waals surface area contributed by atoms with Crippen LogP contribution in [0.15, 0.2) is 206 Å². The number of rotatable bonds is 6. The van der Waals surface area contributed by atoms with Crippen molar-refractivity contribution < 1.29 is 0 Å². The van der Waals surface area contributed by atoms with Gasteiger partial charge in [0.1, 0.15) is 0 Å². The van der Waals surface area contributed by atoms with E-state index in [4.69, 9.17) is 9.97 Å². The van der Waals surface area contributed by atoms with Crippen LogP contribution in [0.2, 0.25) is 0 Å². The molecule has 57 heavy (non-hydrogen) atoms. The molecule has 1 spiro atoms. The number of allylic oxidation sites excluding steroid dienone is 5. The molecule has 1 unspecified atom stereocenters. The van der Waals surface area contributed by atoms with Crippen molar-refractivity contribution >= 4 is 27.4 Å². The quantitative estimate of drug-likeness (QED) is 0.171. The van der Waals surface area contributed by atoms with E-state index in [1.54, 1.807) is 0 Å². The summed E-state index contributed by atoms with van der Waals surface area (Å²) in [4.78, 5) is 10.8. The maximum atomic E-state index is 5.39. The minimum atomic E-state index is -0.518. The molecule has 0 fully saturated rings. The van der Waals surface area contributed by atoms with Crippen LogP contribution in [0.5, 0.6) is 0 Å². The van der Waals surface area contributed by atoms with E-state index in [-0.39, 0.29) is 0 Å². The van der Waals surface area contributed by atoms with Crippen LogP contribution in [-0.2, 0) is 5.41 Å². The molecule has 0 saturated heterocycles. The number of hydrogen-bond donors (Lipinski definition) is 0. The van der Waals surface area contributed by atoms with Crippen molar-refractivity contribution in [2.24, 2.45) is 0 Å². The molecule has 11 rings (SSSR count). The molecule has 0 radical (unpaired) electrons. The van der Waals surface area contributed by atoms with Gasteiger partial charge >= 0.3 is 0 Å². The highest BCUT2D eigenvalue weighted by molar-refractivity contribution is 6.13. The van der Waals surface area contributed by atoms with E-state index in [9.17, 15) is 0 Å². The number of nitrogens with zero attached hydrogens (tertiary/aromatic N) is 3. The number of fused-ring (bicyclic) bond motifs is 10. The van der Waals surface area contributed by atoms with Crippen LogP contribution in [0.1, 0.15) is 29.2 Å². The van der Waals surface area contributed by atoms with E-state index in [0.29, 0.717) is 5.95 Å². The van der Waals surface area contributed by atoms with Gasteiger partial charge in [0.15, 0.2) is 0 Å². The summed E-state index contributed by atoms with van der Waals surface area (Å²) < 4.78 is 2.29. The van der Waals surface area contributed by atoms with Gasteiger partial charge in [-0.1, -0.05) is 176 Å². The Morgan fingerprint density at radius 2 is 1.05 bits per heavy atom. The van der Waals surface area contributed by atoms with Crippen molar-refractivity contribution in [3.8, 4) is 50.7 Å². The standard InChI is InChI=1S/C54H37N3/c1-3-18-39-40-25-14-16-27-46(40)54(45(39)4-2)47-28-17-15-26-41(47)43-33-52-44(32-48(43)54)42-30-29-38(35-19-8-5-9-20-35)31-51(42)57(52)53-55-49(36-21-10-6-11-22-36)34-50(56-53)37-23-12-7-13-24-37/h3-34H,2H2,1H3/b18-3-. The minimum Gasteiger partial charge on any atom is -0.278 e. The monoisotopic (exact) mass is 727 g/mol. The van der Waals surface area contributed by atoms with E-state index in [0.717, 1.165) is 55.4 Å². The Morgan fingerprint density at radius 1 is 0.491 bits per heavy atom. The highest BCUT2D eigenvalue weighted by atomic mass is 15.2. The molecular weight excluding hydrogens is 691 g/mol. The lowest BCUT2D eigenvalue weighted by atomic mass is 9.69. The largest absolute Gasteiger partial charge is 0.278 e. The molecule has 2 aliphatic rings. The van der Waals surface area contributed by atoms with E-state index < -0.39 is 5.41 Å². The molecule has 1 atom stereocenters. The second kappa shape index (κ2) is 12.9. The zero-order chi connectivity index (χ0) is 38.1. The summed E-state index contributed by atoms with van der Waals surface area (Å²) in [6.07, 6.45) is 6.49. The van der Waals surface area contributed by atoms with Crippen molar-refractivity contribution in [2.45, 2.75) is 12.3 Å². The normalized spacial score (nSPS) is 15.5. The van der Waals surface area contributed by atoms with E-state index >= 15 is 0 Å². The summed E-state index contributed by atoms with van der Waals surface area (Å²) in [5.74, 6) is 0.634. The summed E-state index contributed by atoms with van der Waals surface area (Å²) in [6, 6.07) is 63.1. The molecule has 0 amide bonds. The average molecular weight is 728 g/mol. The maximum absolute atomic E-state index is 5.39. The molecule has 2 heterocycles. The fourth-order valence-electron chi connectivity index (χ4n) is 9.59. The third-order valence-corrected chi connectivity index (χ3v) is 11.9. The van der Waals surface area contributed by atoms with E-state index in [1.807, 2.05) is 12.1 Å². The first-order valence-electron chi connectivity index (χ1n) is 19.6. The van der Waals surface area contributed by atoms with Gasteiger partial charge in [-0.2, -0.15) is 0 Å². The van der Waals surface area contributed by atoms with E-state index in [1.165, 1.54) is 44.5 Å². The molecule has 3 nitrogen and oxygen atoms in total. The van der Waals surface area contributed by atoms with Gasteiger partial charge < -0.3 is 0 Å². The number of benzene rings is 7. The van der Waals surface area contributed by atoms with Crippen LogP contribution in [0, 0.1) is 0 Å². The van der Waals surface area contributed by atoms with Crippen LogP contribution in [0.25, 0.3) is 78.1 Å². The first kappa shape index (κ1) is 33.0. The highest BCUT2D eigenvalue weighted by Crippen LogP contribution is 2.63. The van der Waals surface area contributed by atoms with Crippen molar-refractivity contribution in [3.05, 3.63) is 229 Å². The zero-order valence-corrected chi connectivity index (χ0v) is 31.5. The van der Waals surface area contributed by atoms with Crippen LogP contribution < -0.4 is 0 Å². The third-order valence-electron chi connectivity index (χ3n) is 11.9. The summed E-state index contributed by atoms with van der Waals surface area (Å²) in [6.45, 7) is 6.57. The second-order valence-corrected chi connectivity index (χ2v) is 14.9. The summed E-state index contributed by atoms with van der Waals surface area (Å²) in [5.41, 5.74) is 17.7. The summed E-state index contributed by atoms with van der Waals surface area (Å²) in [7, 11) is 0. The van der Waals surface area contributed by atoms with Gasteiger partial charge in [-0.25, -0.2) is 9.97 Å². The number of hydrogen-bond acceptors (Lipinski definition) is 2. The van der Waals surface area contributed by atoms with Gasteiger partial charge in [0.2, 0.25) is 5.95 Å². The fraction of sp³-hybridized carbons (Fsp3) is 0.0370. The molecule has 0 N–H and O–H groups in total. The topological polar surface area (TPSA) is 30.7 Å². The Bertz CT molecular complexity index is 3080. The second-order valence-electron chi connectivity index (χ2n) is 14.9. The Balaban J connectivity index is 1.28. The molecule has 0 aliphatic heterocycles. The molecule has 268 valence electrons. The Kier molecular flexibility index (Phi) is 7.45. The first-order chi connectivity index (χ1) is 28.2. The maximum Gasteiger partial charge on any atom is 0.235 e. The molecule has 0 saturated carbocycles. The Morgan fingerprint density at radius 3 is 1.68 bits per heavy atom. The highest BCUT2D eigenvalue weighted by Gasteiger charge is 2.52.